The lowest BCUT2D eigenvalue weighted by Gasteiger charge is -2.03. The fourth-order valence-electron chi connectivity index (χ4n) is 1.79. The van der Waals surface area contributed by atoms with Gasteiger partial charge in [-0.15, -0.1) is 0 Å². The van der Waals surface area contributed by atoms with Gasteiger partial charge in [0.15, 0.2) is 0 Å². The minimum Gasteiger partial charge on any atom is -0.391 e. The first-order valence-corrected chi connectivity index (χ1v) is 5.77. The van der Waals surface area contributed by atoms with Crippen LogP contribution in [0.3, 0.4) is 0 Å². The van der Waals surface area contributed by atoms with E-state index in [2.05, 4.69) is 40.9 Å². The molecule has 88 valence electrons. The molecule has 0 amide bonds. The predicted octanol–water partition coefficient (Wildman–Crippen LogP) is 3.01. The number of imidazole rings is 1. The van der Waals surface area contributed by atoms with Crippen LogP contribution >= 0.6 is 0 Å². The Morgan fingerprint density at radius 2 is 2.35 bits per heavy atom. The van der Waals surface area contributed by atoms with Crippen LogP contribution in [0.2, 0.25) is 0 Å². The highest BCUT2D eigenvalue weighted by Gasteiger charge is 2.02. The van der Waals surface area contributed by atoms with Crippen molar-refractivity contribution in [2.45, 2.75) is 13.8 Å². The third-order valence-corrected chi connectivity index (χ3v) is 2.62. The van der Waals surface area contributed by atoms with Gasteiger partial charge >= 0.3 is 0 Å². The van der Waals surface area contributed by atoms with Gasteiger partial charge in [0.2, 0.25) is 0 Å². The second-order valence-electron chi connectivity index (χ2n) is 3.92. The highest BCUT2D eigenvalue weighted by atomic mass is 14.9. The molecule has 0 radical (unpaired) electrons. The van der Waals surface area contributed by atoms with Gasteiger partial charge in [0.1, 0.15) is 5.82 Å². The van der Waals surface area contributed by atoms with E-state index in [-0.39, 0.29) is 0 Å². The van der Waals surface area contributed by atoms with E-state index in [4.69, 9.17) is 0 Å². The van der Waals surface area contributed by atoms with Crippen molar-refractivity contribution in [3.05, 3.63) is 48.4 Å². The standard InChI is InChI=1S/C14H17N3/c1-4-11(9-15-5-2)12-6-7-13-14(8-12)17-10(3)16-13/h4,6-9,15H,1,5H2,2-3H3,(H,16,17)/b11-9+. The van der Waals surface area contributed by atoms with Gasteiger partial charge < -0.3 is 10.3 Å². The van der Waals surface area contributed by atoms with Gasteiger partial charge in [0.25, 0.3) is 0 Å². The Kier molecular flexibility index (Phi) is 3.28. The van der Waals surface area contributed by atoms with Crippen molar-refractivity contribution in [3.63, 3.8) is 0 Å². The van der Waals surface area contributed by atoms with Crippen LogP contribution in [-0.2, 0) is 0 Å². The molecule has 3 heteroatoms. The molecule has 0 saturated heterocycles. The van der Waals surface area contributed by atoms with E-state index in [1.807, 2.05) is 25.3 Å². The van der Waals surface area contributed by atoms with Crippen molar-refractivity contribution in [3.8, 4) is 0 Å². The first-order chi connectivity index (χ1) is 8.24. The molecule has 17 heavy (non-hydrogen) atoms. The quantitative estimate of drug-likeness (QED) is 0.788. The Hall–Kier alpha value is -2.03. The molecule has 0 atom stereocenters. The van der Waals surface area contributed by atoms with E-state index >= 15 is 0 Å². The summed E-state index contributed by atoms with van der Waals surface area (Å²) in [6, 6.07) is 6.19. The van der Waals surface area contributed by atoms with Gasteiger partial charge in [-0.2, -0.15) is 0 Å². The minimum atomic E-state index is 0.906. The zero-order valence-electron chi connectivity index (χ0n) is 10.2. The number of rotatable bonds is 4. The first-order valence-electron chi connectivity index (χ1n) is 5.77. The van der Waals surface area contributed by atoms with Crippen molar-refractivity contribution in [1.29, 1.82) is 0 Å². The fourth-order valence-corrected chi connectivity index (χ4v) is 1.79. The average Bonchev–Trinajstić information content (AvgIpc) is 2.69. The molecule has 0 unspecified atom stereocenters. The topological polar surface area (TPSA) is 40.7 Å². The SMILES string of the molecule is C=C/C(=C\NCC)c1ccc2nc(C)[nH]c2c1. The zero-order valence-corrected chi connectivity index (χ0v) is 10.2. The maximum Gasteiger partial charge on any atom is 0.104 e. The molecule has 0 spiro atoms. The molecule has 2 rings (SSSR count). The molecule has 3 nitrogen and oxygen atoms in total. The summed E-state index contributed by atoms with van der Waals surface area (Å²) in [5, 5.41) is 3.19. The molecule has 0 aliphatic carbocycles. The molecule has 2 N–H and O–H groups in total. The summed E-state index contributed by atoms with van der Waals surface area (Å²) in [6.45, 7) is 8.78. The third kappa shape index (κ3) is 2.38. The Morgan fingerprint density at radius 3 is 3.06 bits per heavy atom. The molecule has 1 aromatic carbocycles. The average molecular weight is 227 g/mol. The number of nitrogens with one attached hydrogen (secondary N) is 2. The van der Waals surface area contributed by atoms with Crippen molar-refractivity contribution in [2.75, 3.05) is 6.54 Å². The number of allylic oxidation sites excluding steroid dienone is 2. The molecular formula is C14H17N3. The van der Waals surface area contributed by atoms with Crippen LogP contribution in [0.15, 0.2) is 37.1 Å². The fraction of sp³-hybridized carbons (Fsp3) is 0.214. The largest absolute Gasteiger partial charge is 0.391 e. The van der Waals surface area contributed by atoms with Gasteiger partial charge in [-0.1, -0.05) is 18.7 Å². The summed E-state index contributed by atoms with van der Waals surface area (Å²) in [6.07, 6.45) is 3.84. The molecule has 0 aliphatic heterocycles. The molecule has 0 fully saturated rings. The summed E-state index contributed by atoms with van der Waals surface area (Å²) in [5.41, 5.74) is 4.28. The van der Waals surface area contributed by atoms with E-state index in [0.29, 0.717) is 0 Å². The lowest BCUT2D eigenvalue weighted by molar-refractivity contribution is 0.922. The number of benzene rings is 1. The monoisotopic (exact) mass is 227 g/mol. The van der Waals surface area contributed by atoms with E-state index in [9.17, 15) is 0 Å². The van der Waals surface area contributed by atoms with Crippen LogP contribution in [0, 0.1) is 6.92 Å². The van der Waals surface area contributed by atoms with Crippen molar-refractivity contribution >= 4 is 16.6 Å². The summed E-state index contributed by atoms with van der Waals surface area (Å²) in [4.78, 5) is 7.63. The first kappa shape index (κ1) is 11.5. The Balaban J connectivity index is 2.43. The third-order valence-electron chi connectivity index (χ3n) is 2.62. The smallest absolute Gasteiger partial charge is 0.104 e. The summed E-state index contributed by atoms with van der Waals surface area (Å²) in [5.74, 6) is 0.938. The highest BCUT2D eigenvalue weighted by molar-refractivity contribution is 5.83. The maximum atomic E-state index is 4.39. The number of hydrogen-bond donors (Lipinski definition) is 2. The van der Waals surface area contributed by atoms with Crippen molar-refractivity contribution in [2.24, 2.45) is 0 Å². The Bertz CT molecular complexity index is 564. The normalized spacial score (nSPS) is 11.8. The maximum absolute atomic E-state index is 4.39. The molecule has 2 aromatic rings. The van der Waals surface area contributed by atoms with Gasteiger partial charge in [-0.25, -0.2) is 4.98 Å². The molecule has 0 aliphatic rings. The number of aromatic amines is 1. The van der Waals surface area contributed by atoms with Crippen LogP contribution < -0.4 is 5.32 Å². The number of hydrogen-bond acceptors (Lipinski definition) is 2. The van der Waals surface area contributed by atoms with Crippen LogP contribution in [0.25, 0.3) is 16.6 Å². The van der Waals surface area contributed by atoms with Crippen LogP contribution in [0.5, 0.6) is 0 Å². The van der Waals surface area contributed by atoms with Crippen LogP contribution in [-0.4, -0.2) is 16.5 Å². The van der Waals surface area contributed by atoms with E-state index in [1.165, 1.54) is 0 Å². The highest BCUT2D eigenvalue weighted by Crippen LogP contribution is 2.20. The van der Waals surface area contributed by atoms with E-state index in [0.717, 1.165) is 34.5 Å². The molecule has 0 saturated carbocycles. The van der Waals surface area contributed by atoms with E-state index < -0.39 is 0 Å². The minimum absolute atomic E-state index is 0.906. The van der Waals surface area contributed by atoms with E-state index in [1.54, 1.807) is 0 Å². The summed E-state index contributed by atoms with van der Waals surface area (Å²) in [7, 11) is 0. The Morgan fingerprint density at radius 1 is 1.53 bits per heavy atom. The molecule has 1 aromatic heterocycles. The lowest BCUT2D eigenvalue weighted by Crippen LogP contribution is -2.03. The summed E-state index contributed by atoms with van der Waals surface area (Å²) >= 11 is 0. The van der Waals surface area contributed by atoms with Gasteiger partial charge in [0, 0.05) is 12.7 Å². The van der Waals surface area contributed by atoms with Gasteiger partial charge in [-0.05, 0) is 37.1 Å². The van der Waals surface area contributed by atoms with Crippen molar-refractivity contribution < 1.29 is 0 Å². The lowest BCUT2D eigenvalue weighted by atomic mass is 10.1. The van der Waals surface area contributed by atoms with Crippen LogP contribution in [0.1, 0.15) is 18.3 Å². The second-order valence-corrected chi connectivity index (χ2v) is 3.92. The predicted molar refractivity (Wildman–Crippen MR) is 72.7 cm³/mol. The molecular weight excluding hydrogens is 210 g/mol. The molecule has 1 heterocycles. The number of aromatic nitrogens is 2. The van der Waals surface area contributed by atoms with Gasteiger partial charge in [0.05, 0.1) is 11.0 Å². The second kappa shape index (κ2) is 4.87. The zero-order chi connectivity index (χ0) is 12.3. The number of fused-ring (bicyclic) bond motifs is 1. The number of H-pyrrole nitrogens is 1. The molecule has 0 bridgehead atoms. The Labute approximate surface area is 101 Å². The van der Waals surface area contributed by atoms with Gasteiger partial charge in [-0.3, -0.25) is 0 Å². The van der Waals surface area contributed by atoms with Crippen molar-refractivity contribution in [1.82, 2.24) is 15.3 Å². The van der Waals surface area contributed by atoms with Crippen LogP contribution in [0.4, 0.5) is 0 Å². The summed E-state index contributed by atoms with van der Waals surface area (Å²) < 4.78 is 0. The number of nitrogens with zero attached hydrogens (tertiary/aromatic N) is 1. The number of aryl methyl sites for hydroxylation is 1.